The number of benzene rings is 2. The predicted molar refractivity (Wildman–Crippen MR) is 121 cm³/mol. The van der Waals surface area contributed by atoms with E-state index in [1.165, 1.54) is 42.5 Å². The van der Waals surface area contributed by atoms with Crippen molar-refractivity contribution in [2.45, 2.75) is 12.6 Å². The molecule has 6 atom stereocenters. The summed E-state index contributed by atoms with van der Waals surface area (Å²) in [7, 11) is 0. The number of carbonyl (C=O) groups excluding carboxylic acids is 3. The van der Waals surface area contributed by atoms with Crippen LogP contribution < -0.4 is 4.90 Å². The third kappa shape index (κ3) is 3.41. The standard InChI is InChI=1S/C26H20ClF3N2O3/c27-14-7-5-13(6-8-14)23(33)31(20-4-2-1-3-19(20)26(28,29)30)12-32-24(34)21-15-9-10-16(18-11-17(15)18)22(21)25(32)35/h1-10,15-18,21-22H,11-12H2. The molecule has 9 heteroatoms. The van der Waals surface area contributed by atoms with Gasteiger partial charge in [0.05, 0.1) is 23.1 Å². The van der Waals surface area contributed by atoms with Crippen LogP contribution >= 0.6 is 11.6 Å². The van der Waals surface area contributed by atoms with Crippen LogP contribution in [0.4, 0.5) is 18.9 Å². The van der Waals surface area contributed by atoms with Crippen molar-refractivity contribution in [3.63, 3.8) is 0 Å². The summed E-state index contributed by atoms with van der Waals surface area (Å²) in [6.07, 6.45) is 0.289. The highest BCUT2D eigenvalue weighted by Crippen LogP contribution is 2.65. The highest BCUT2D eigenvalue weighted by Gasteiger charge is 2.67. The molecule has 6 unspecified atom stereocenters. The van der Waals surface area contributed by atoms with E-state index in [4.69, 9.17) is 11.6 Å². The SMILES string of the molecule is O=C1C2C3C=CC(C4CC34)C2C(=O)N1CN(C(=O)c1ccc(Cl)cc1)c1ccccc1C(F)(F)F. The minimum absolute atomic E-state index is 0.0284. The van der Waals surface area contributed by atoms with Gasteiger partial charge in [-0.05, 0) is 66.5 Å². The van der Waals surface area contributed by atoms with Gasteiger partial charge in [-0.25, -0.2) is 0 Å². The molecule has 1 aliphatic heterocycles. The molecule has 5 nitrogen and oxygen atoms in total. The van der Waals surface area contributed by atoms with Gasteiger partial charge in [0.1, 0.15) is 6.67 Å². The van der Waals surface area contributed by atoms with E-state index in [0.29, 0.717) is 16.9 Å². The molecular weight excluding hydrogens is 481 g/mol. The smallest absolute Gasteiger partial charge is 0.289 e. The summed E-state index contributed by atoms with van der Waals surface area (Å²) in [5.74, 6) is -1.89. The molecule has 1 heterocycles. The number of imide groups is 1. The van der Waals surface area contributed by atoms with Crippen molar-refractivity contribution in [1.29, 1.82) is 0 Å². The number of nitrogens with zero attached hydrogens (tertiary/aromatic N) is 2. The molecule has 0 radical (unpaired) electrons. The van der Waals surface area contributed by atoms with Crippen LogP contribution in [0.2, 0.25) is 5.02 Å². The van der Waals surface area contributed by atoms with Crippen LogP contribution in [0.5, 0.6) is 0 Å². The second-order valence-corrected chi connectivity index (χ2v) is 10.1. The summed E-state index contributed by atoms with van der Waals surface area (Å²) in [5, 5.41) is 0.360. The highest BCUT2D eigenvalue weighted by atomic mass is 35.5. The predicted octanol–water partition coefficient (Wildman–Crippen LogP) is 5.02. The summed E-state index contributed by atoms with van der Waals surface area (Å²) < 4.78 is 41.7. The van der Waals surface area contributed by atoms with Gasteiger partial charge in [0.15, 0.2) is 0 Å². The lowest BCUT2D eigenvalue weighted by Crippen LogP contribution is -2.45. The van der Waals surface area contributed by atoms with Crippen LogP contribution in [0, 0.1) is 35.5 Å². The second-order valence-electron chi connectivity index (χ2n) is 9.66. The monoisotopic (exact) mass is 500 g/mol. The fraction of sp³-hybridized carbons (Fsp3) is 0.346. The molecule has 180 valence electrons. The number of halogens is 4. The van der Waals surface area contributed by atoms with Gasteiger partial charge in [0.25, 0.3) is 5.91 Å². The Labute approximate surface area is 204 Å². The molecule has 7 rings (SSSR count). The van der Waals surface area contributed by atoms with Crippen LogP contribution in [0.1, 0.15) is 22.3 Å². The average molecular weight is 501 g/mol. The van der Waals surface area contributed by atoms with Gasteiger partial charge in [-0.1, -0.05) is 35.9 Å². The number of rotatable bonds is 4. The zero-order valence-electron chi connectivity index (χ0n) is 18.3. The molecule has 2 aromatic carbocycles. The molecule has 2 saturated carbocycles. The van der Waals surface area contributed by atoms with E-state index < -0.39 is 53.7 Å². The Hall–Kier alpha value is -3.13. The Morgan fingerprint density at radius 3 is 2.09 bits per heavy atom. The van der Waals surface area contributed by atoms with Gasteiger partial charge in [-0.2, -0.15) is 13.2 Å². The number of amides is 3. The Morgan fingerprint density at radius 1 is 0.943 bits per heavy atom. The number of para-hydroxylation sites is 1. The maximum Gasteiger partial charge on any atom is 0.418 e. The number of alkyl halides is 3. The summed E-state index contributed by atoms with van der Waals surface area (Å²) in [6, 6.07) is 10.4. The highest BCUT2D eigenvalue weighted by molar-refractivity contribution is 6.30. The molecule has 0 spiro atoms. The normalized spacial score (nSPS) is 30.3. The molecule has 4 aliphatic carbocycles. The average Bonchev–Trinajstić information content (AvgIpc) is 3.62. The Bertz CT molecular complexity index is 1240. The van der Waals surface area contributed by atoms with Crippen molar-refractivity contribution in [3.05, 3.63) is 76.8 Å². The van der Waals surface area contributed by atoms with Crippen molar-refractivity contribution in [2.24, 2.45) is 35.5 Å². The maximum atomic E-state index is 13.9. The molecule has 2 aromatic rings. The molecular formula is C26H20ClF3N2O3. The van der Waals surface area contributed by atoms with Crippen molar-refractivity contribution in [1.82, 2.24) is 4.90 Å². The fourth-order valence-corrected chi connectivity index (χ4v) is 6.37. The molecule has 35 heavy (non-hydrogen) atoms. The van der Waals surface area contributed by atoms with Crippen molar-refractivity contribution in [2.75, 3.05) is 11.6 Å². The van der Waals surface area contributed by atoms with E-state index in [2.05, 4.69) is 0 Å². The number of hydrogen-bond donors (Lipinski definition) is 0. The molecule has 2 bridgehead atoms. The van der Waals surface area contributed by atoms with E-state index >= 15 is 0 Å². The van der Waals surface area contributed by atoms with E-state index in [1.807, 2.05) is 12.2 Å². The number of carbonyl (C=O) groups is 3. The van der Waals surface area contributed by atoms with Crippen molar-refractivity contribution in [3.8, 4) is 0 Å². The fourth-order valence-electron chi connectivity index (χ4n) is 6.25. The Balaban J connectivity index is 1.39. The second kappa shape index (κ2) is 7.68. The number of hydrogen-bond acceptors (Lipinski definition) is 3. The van der Waals surface area contributed by atoms with Crippen LogP contribution in [0.15, 0.2) is 60.7 Å². The zero-order valence-corrected chi connectivity index (χ0v) is 19.0. The zero-order chi connectivity index (χ0) is 24.6. The molecule has 3 fully saturated rings. The summed E-state index contributed by atoms with van der Waals surface area (Å²) >= 11 is 5.92. The van der Waals surface area contributed by atoms with E-state index in [-0.39, 0.29) is 17.4 Å². The summed E-state index contributed by atoms with van der Waals surface area (Å²) in [4.78, 5) is 42.3. The first-order valence-electron chi connectivity index (χ1n) is 11.4. The van der Waals surface area contributed by atoms with Gasteiger partial charge >= 0.3 is 6.18 Å². The third-order valence-electron chi connectivity index (χ3n) is 7.87. The maximum absolute atomic E-state index is 13.9. The Morgan fingerprint density at radius 2 is 1.51 bits per heavy atom. The van der Waals surface area contributed by atoms with Gasteiger partial charge in [-0.15, -0.1) is 0 Å². The van der Waals surface area contributed by atoms with Gasteiger partial charge in [0, 0.05) is 10.6 Å². The van der Waals surface area contributed by atoms with Crippen molar-refractivity contribution < 1.29 is 27.6 Å². The minimum Gasteiger partial charge on any atom is -0.289 e. The van der Waals surface area contributed by atoms with Crippen LogP contribution in [0.3, 0.4) is 0 Å². The molecule has 1 saturated heterocycles. The molecule has 3 amide bonds. The van der Waals surface area contributed by atoms with Crippen LogP contribution in [-0.4, -0.2) is 29.3 Å². The molecule has 5 aliphatic rings. The lowest BCUT2D eigenvalue weighted by atomic mass is 9.63. The van der Waals surface area contributed by atoms with E-state index in [9.17, 15) is 27.6 Å². The number of allylic oxidation sites excluding steroid dienone is 2. The quantitative estimate of drug-likeness (QED) is 0.438. The lowest BCUT2D eigenvalue weighted by Gasteiger charge is -2.37. The van der Waals surface area contributed by atoms with Gasteiger partial charge < -0.3 is 0 Å². The van der Waals surface area contributed by atoms with E-state index in [1.54, 1.807) is 0 Å². The summed E-state index contributed by atoms with van der Waals surface area (Å²) in [6.45, 7) is -0.589. The Kier molecular flexibility index (Phi) is 4.90. The number of likely N-dealkylation sites (tertiary alicyclic amines) is 1. The molecule has 0 N–H and O–H groups in total. The van der Waals surface area contributed by atoms with E-state index in [0.717, 1.165) is 22.3 Å². The minimum atomic E-state index is -4.74. The topological polar surface area (TPSA) is 57.7 Å². The van der Waals surface area contributed by atoms with Crippen molar-refractivity contribution >= 4 is 35.0 Å². The van der Waals surface area contributed by atoms with Gasteiger partial charge in [-0.3, -0.25) is 24.2 Å². The first-order valence-corrected chi connectivity index (χ1v) is 11.8. The number of anilines is 1. The van der Waals surface area contributed by atoms with Crippen LogP contribution in [0.25, 0.3) is 0 Å². The summed E-state index contributed by atoms with van der Waals surface area (Å²) in [5.41, 5.74) is -1.35. The van der Waals surface area contributed by atoms with Gasteiger partial charge in [0.2, 0.25) is 11.8 Å². The molecule has 0 aromatic heterocycles. The lowest BCUT2D eigenvalue weighted by molar-refractivity contribution is -0.140. The largest absolute Gasteiger partial charge is 0.418 e. The first kappa shape index (κ1) is 22.3. The third-order valence-corrected chi connectivity index (χ3v) is 8.13. The van der Waals surface area contributed by atoms with Crippen LogP contribution in [-0.2, 0) is 15.8 Å². The first-order chi connectivity index (χ1) is 16.7.